The zero-order chi connectivity index (χ0) is 26.9. The number of nitrogens with one attached hydrogen (secondary N) is 1. The minimum absolute atomic E-state index is 0.00102. The third-order valence-corrected chi connectivity index (χ3v) is 11.0. The van der Waals surface area contributed by atoms with Crippen molar-refractivity contribution in [3.05, 3.63) is 27.2 Å². The van der Waals surface area contributed by atoms with Gasteiger partial charge in [-0.3, -0.25) is 13.9 Å². The largest absolute Gasteiger partial charge is 0.387 e. The Bertz CT molecular complexity index is 1200. The van der Waals surface area contributed by atoms with Gasteiger partial charge in [0.05, 0.1) is 34.4 Å². The monoisotopic (exact) mass is 592 g/mol. The van der Waals surface area contributed by atoms with Gasteiger partial charge >= 0.3 is 10.2 Å². The fourth-order valence-electron chi connectivity index (χ4n) is 7.55. The Morgan fingerprint density at radius 1 is 1.11 bits per heavy atom. The van der Waals surface area contributed by atoms with Gasteiger partial charge in [0.15, 0.2) is 0 Å². The van der Waals surface area contributed by atoms with Gasteiger partial charge in [-0.1, -0.05) is 34.8 Å². The smallest absolute Gasteiger partial charge is 0.304 e. The van der Waals surface area contributed by atoms with Crippen molar-refractivity contribution in [3.8, 4) is 0 Å². The molecule has 6 rings (SSSR count). The zero-order valence-electron chi connectivity index (χ0n) is 20.4. The molecule has 3 unspecified atom stereocenters. The van der Waals surface area contributed by atoms with E-state index in [0.29, 0.717) is 12.3 Å². The molecule has 1 aromatic rings. The lowest BCUT2D eigenvalue weighted by molar-refractivity contribution is -0.135. The lowest BCUT2D eigenvalue weighted by Gasteiger charge is -2.60. The van der Waals surface area contributed by atoms with Crippen molar-refractivity contribution in [2.75, 3.05) is 23.9 Å². The van der Waals surface area contributed by atoms with Gasteiger partial charge in [-0.25, -0.2) is 0 Å². The molecule has 37 heavy (non-hydrogen) atoms. The highest BCUT2D eigenvalue weighted by Crippen LogP contribution is 2.61. The van der Waals surface area contributed by atoms with Crippen molar-refractivity contribution in [2.24, 2.45) is 28.9 Å². The average molecular weight is 594 g/mol. The molecule has 0 spiro atoms. The van der Waals surface area contributed by atoms with E-state index in [1.807, 2.05) is 0 Å². The lowest BCUT2D eigenvalue weighted by atomic mass is 9.47. The topological polar surface area (TPSA) is 133 Å². The van der Waals surface area contributed by atoms with Gasteiger partial charge in [0.2, 0.25) is 11.8 Å². The Kier molecular flexibility index (Phi) is 6.94. The Labute approximate surface area is 231 Å². The second-order valence-corrected chi connectivity index (χ2v) is 14.8. The van der Waals surface area contributed by atoms with Crippen molar-refractivity contribution in [1.82, 2.24) is 9.62 Å². The summed E-state index contributed by atoms with van der Waals surface area (Å²) in [5.74, 6) is 0.286. The van der Waals surface area contributed by atoms with Gasteiger partial charge in [0, 0.05) is 24.0 Å². The van der Waals surface area contributed by atoms with Crippen molar-refractivity contribution < 1.29 is 23.1 Å². The van der Waals surface area contributed by atoms with E-state index in [-0.39, 0.29) is 63.0 Å². The van der Waals surface area contributed by atoms with Crippen LogP contribution >= 0.6 is 34.8 Å². The van der Waals surface area contributed by atoms with E-state index in [9.17, 15) is 23.1 Å². The molecule has 4 aliphatic carbocycles. The summed E-state index contributed by atoms with van der Waals surface area (Å²) < 4.78 is 29.0. The summed E-state index contributed by atoms with van der Waals surface area (Å²) >= 11 is 18.6. The molecule has 4 bridgehead atoms. The Morgan fingerprint density at radius 2 is 1.70 bits per heavy atom. The standard InChI is InChI=1S/C24H31Cl3N4O5S/c1-23(34)11-30(37(35,36)31(12-23)22-17(26)4-16(25)5-18(22)27)10-20(33)29-21-14-2-13-3-15(21)8-24(6-13,7-14)9-19(28)32/h4-5,13-15,21,34H,2-3,6-12H2,1H3,(H2,28,32)(H,29,33). The van der Waals surface area contributed by atoms with Crippen LogP contribution in [0.3, 0.4) is 0 Å². The van der Waals surface area contributed by atoms with Crippen LogP contribution in [0.2, 0.25) is 15.1 Å². The van der Waals surface area contributed by atoms with Gasteiger partial charge in [0.1, 0.15) is 0 Å². The predicted molar refractivity (Wildman–Crippen MR) is 142 cm³/mol. The fraction of sp³-hybridized carbons (Fsp3) is 0.667. The molecule has 4 saturated carbocycles. The Hall–Kier alpha value is -1.30. The van der Waals surface area contributed by atoms with E-state index in [1.165, 1.54) is 19.1 Å². The zero-order valence-corrected chi connectivity index (χ0v) is 23.5. The minimum atomic E-state index is -4.24. The highest BCUT2D eigenvalue weighted by Gasteiger charge is 2.56. The molecule has 1 heterocycles. The number of halogens is 3. The minimum Gasteiger partial charge on any atom is -0.387 e. The summed E-state index contributed by atoms with van der Waals surface area (Å²) in [6.45, 7) is 0.491. The van der Waals surface area contributed by atoms with Crippen LogP contribution in [0.15, 0.2) is 12.1 Å². The van der Waals surface area contributed by atoms with E-state index >= 15 is 0 Å². The number of rotatable bonds is 6. The normalized spacial score (nSPS) is 36.5. The van der Waals surface area contributed by atoms with Crippen LogP contribution in [-0.4, -0.2) is 60.9 Å². The molecule has 4 N–H and O–H groups in total. The molecule has 0 aromatic heterocycles. The molecule has 3 atom stereocenters. The van der Waals surface area contributed by atoms with Crippen LogP contribution in [0.5, 0.6) is 0 Å². The first kappa shape index (κ1) is 27.3. The SMILES string of the molecule is CC1(O)CN(CC(=O)NC2C3CC4CC2CC(CC(N)=O)(C4)C3)S(=O)(=O)N(c2c(Cl)cc(Cl)cc2Cl)C1. The van der Waals surface area contributed by atoms with Crippen LogP contribution in [-0.2, 0) is 19.8 Å². The Morgan fingerprint density at radius 3 is 2.27 bits per heavy atom. The summed E-state index contributed by atoms with van der Waals surface area (Å²) in [4.78, 5) is 24.9. The van der Waals surface area contributed by atoms with Gasteiger partial charge in [-0.15, -0.1) is 0 Å². The third-order valence-electron chi connectivity index (χ3n) is 8.43. The third kappa shape index (κ3) is 5.17. The van der Waals surface area contributed by atoms with E-state index in [0.717, 1.165) is 40.7 Å². The van der Waals surface area contributed by atoms with Crippen molar-refractivity contribution in [2.45, 2.75) is 57.1 Å². The maximum atomic E-state index is 13.6. The Balaban J connectivity index is 1.33. The highest BCUT2D eigenvalue weighted by atomic mass is 35.5. The first-order chi connectivity index (χ1) is 17.2. The number of anilines is 1. The number of β-amino-alcohol motifs (C(OH)–C–C–N with tert-alkyl or cyclic N) is 1. The van der Waals surface area contributed by atoms with E-state index in [4.69, 9.17) is 40.5 Å². The van der Waals surface area contributed by atoms with Gasteiger partial charge in [-0.05, 0) is 74.3 Å². The van der Waals surface area contributed by atoms with Crippen LogP contribution in [0.25, 0.3) is 0 Å². The second-order valence-electron chi connectivity index (χ2n) is 11.7. The molecule has 5 fully saturated rings. The molecule has 0 radical (unpaired) electrons. The molecule has 204 valence electrons. The van der Waals surface area contributed by atoms with Crippen molar-refractivity contribution in [3.63, 3.8) is 0 Å². The maximum Gasteiger partial charge on any atom is 0.304 e. The number of hydrogen-bond donors (Lipinski definition) is 3. The molecule has 1 aromatic carbocycles. The van der Waals surface area contributed by atoms with E-state index < -0.39 is 28.3 Å². The predicted octanol–water partition coefficient (Wildman–Crippen LogP) is 2.95. The van der Waals surface area contributed by atoms with Crippen molar-refractivity contribution in [1.29, 1.82) is 0 Å². The molecule has 1 aliphatic heterocycles. The second kappa shape index (κ2) is 9.41. The maximum absolute atomic E-state index is 13.6. The average Bonchev–Trinajstić information content (AvgIpc) is 2.72. The summed E-state index contributed by atoms with van der Waals surface area (Å²) in [6.07, 6.45) is 5.04. The number of hydrogen-bond acceptors (Lipinski definition) is 5. The number of aliphatic hydroxyl groups is 1. The summed E-state index contributed by atoms with van der Waals surface area (Å²) in [6, 6.07) is 2.67. The van der Waals surface area contributed by atoms with Gasteiger partial charge in [-0.2, -0.15) is 12.7 Å². The van der Waals surface area contributed by atoms with E-state index in [2.05, 4.69) is 5.32 Å². The molecule has 1 saturated heterocycles. The van der Waals surface area contributed by atoms with Crippen LogP contribution in [0.4, 0.5) is 5.69 Å². The van der Waals surface area contributed by atoms with E-state index in [1.54, 1.807) is 0 Å². The van der Waals surface area contributed by atoms with Gasteiger partial charge in [0.25, 0.3) is 0 Å². The number of carbonyl (C=O) groups is 2. The number of carbonyl (C=O) groups excluding carboxylic acids is 2. The number of amides is 2. The van der Waals surface area contributed by atoms with Crippen molar-refractivity contribution >= 4 is 62.5 Å². The number of benzene rings is 1. The summed E-state index contributed by atoms with van der Waals surface area (Å²) in [7, 11) is -4.24. The highest BCUT2D eigenvalue weighted by molar-refractivity contribution is 7.90. The van der Waals surface area contributed by atoms with Crippen LogP contribution < -0.4 is 15.4 Å². The molecular weight excluding hydrogens is 563 g/mol. The lowest BCUT2D eigenvalue weighted by Crippen LogP contribution is -2.64. The molecular formula is C24H31Cl3N4O5S. The number of nitrogens with zero attached hydrogens (tertiary/aromatic N) is 2. The van der Waals surface area contributed by atoms with Gasteiger partial charge < -0.3 is 16.2 Å². The molecule has 5 aliphatic rings. The first-order valence-corrected chi connectivity index (χ1v) is 14.9. The number of primary amides is 1. The summed E-state index contributed by atoms with van der Waals surface area (Å²) in [5, 5.41) is 14.3. The van der Waals surface area contributed by atoms with Crippen LogP contribution in [0, 0.1) is 23.2 Å². The molecule has 2 amide bonds. The molecule has 13 heteroatoms. The van der Waals surface area contributed by atoms with Crippen LogP contribution in [0.1, 0.15) is 45.4 Å². The molecule has 9 nitrogen and oxygen atoms in total. The number of nitrogens with two attached hydrogens (primary N) is 1. The summed E-state index contributed by atoms with van der Waals surface area (Å²) in [5.41, 5.74) is 4.00. The fourth-order valence-corrected chi connectivity index (χ4v) is 10.5. The quantitative estimate of drug-likeness (QED) is 0.467. The first-order valence-electron chi connectivity index (χ1n) is 12.4.